The van der Waals surface area contributed by atoms with Crippen molar-refractivity contribution >= 4 is 17.6 Å². The van der Waals surface area contributed by atoms with Gasteiger partial charge in [-0.3, -0.25) is 4.79 Å². The molecule has 0 saturated carbocycles. The Morgan fingerprint density at radius 1 is 1.09 bits per heavy atom. The van der Waals surface area contributed by atoms with E-state index in [1.807, 2.05) is 23.1 Å². The number of hydrogen-bond acceptors (Lipinski definition) is 4. The fourth-order valence-electron chi connectivity index (χ4n) is 3.74. The van der Waals surface area contributed by atoms with E-state index in [4.69, 9.17) is 4.99 Å². The summed E-state index contributed by atoms with van der Waals surface area (Å²) >= 11 is 0. The second-order valence-electron chi connectivity index (χ2n) is 7.78. The van der Waals surface area contributed by atoms with E-state index < -0.39 is 0 Å². The average molecular weight is 432 g/mol. The van der Waals surface area contributed by atoms with E-state index in [2.05, 4.69) is 58.0 Å². The highest BCUT2D eigenvalue weighted by Crippen LogP contribution is 2.21. The predicted octanol–water partition coefficient (Wildman–Crippen LogP) is 2.71. The Morgan fingerprint density at radius 3 is 2.66 bits per heavy atom. The van der Waals surface area contributed by atoms with Crippen LogP contribution in [0.4, 0.5) is 5.69 Å². The van der Waals surface area contributed by atoms with Crippen molar-refractivity contribution in [1.82, 2.24) is 25.4 Å². The number of aromatic nitrogens is 3. The maximum absolute atomic E-state index is 11.9. The second kappa shape index (κ2) is 10.6. The molecule has 0 bridgehead atoms. The monoisotopic (exact) mass is 431 g/mol. The molecule has 1 aromatic heterocycles. The van der Waals surface area contributed by atoms with Crippen LogP contribution in [0.2, 0.25) is 0 Å². The van der Waals surface area contributed by atoms with Gasteiger partial charge in [0, 0.05) is 31.7 Å². The number of hydrogen-bond donors (Lipinski definition) is 2. The molecule has 166 valence electrons. The highest BCUT2D eigenvalue weighted by molar-refractivity contribution is 5.95. The number of nitrogens with zero attached hydrogens (tertiary/aromatic N) is 5. The number of rotatable bonds is 8. The van der Waals surface area contributed by atoms with Gasteiger partial charge in [-0.1, -0.05) is 36.4 Å². The van der Waals surface area contributed by atoms with Crippen LogP contribution in [-0.4, -0.2) is 39.7 Å². The number of aliphatic imine (C=N–C) groups is 1. The van der Waals surface area contributed by atoms with E-state index in [9.17, 15) is 4.79 Å². The van der Waals surface area contributed by atoms with E-state index in [1.165, 1.54) is 0 Å². The Hall–Kier alpha value is -3.68. The fraction of sp³-hybridized carbons (Fsp3) is 0.333. The zero-order chi connectivity index (χ0) is 22.2. The number of carbonyl (C=O) groups excluding carboxylic acids is 1. The highest BCUT2D eigenvalue weighted by atomic mass is 16.2. The molecular formula is C24H29N7O. The molecule has 0 unspecified atom stereocenters. The van der Waals surface area contributed by atoms with Crippen LogP contribution in [0.15, 0.2) is 66.2 Å². The molecule has 1 aliphatic heterocycles. The lowest BCUT2D eigenvalue weighted by Gasteiger charge is -2.16. The molecule has 1 fully saturated rings. The van der Waals surface area contributed by atoms with Gasteiger partial charge in [0.25, 0.3) is 0 Å². The van der Waals surface area contributed by atoms with Gasteiger partial charge >= 0.3 is 0 Å². The van der Waals surface area contributed by atoms with E-state index >= 15 is 0 Å². The summed E-state index contributed by atoms with van der Waals surface area (Å²) in [5, 5.41) is 10.9. The minimum Gasteiger partial charge on any atom is -0.357 e. The average Bonchev–Trinajstić information content (AvgIpc) is 3.48. The van der Waals surface area contributed by atoms with E-state index in [-0.39, 0.29) is 5.91 Å². The largest absolute Gasteiger partial charge is 0.357 e. The molecule has 3 aromatic rings. The van der Waals surface area contributed by atoms with Crippen LogP contribution >= 0.6 is 0 Å². The summed E-state index contributed by atoms with van der Waals surface area (Å²) in [7, 11) is 0. The lowest BCUT2D eigenvalue weighted by Crippen LogP contribution is -2.36. The lowest BCUT2D eigenvalue weighted by molar-refractivity contribution is -0.117. The summed E-state index contributed by atoms with van der Waals surface area (Å²) in [5.41, 5.74) is 4.42. The first-order chi connectivity index (χ1) is 15.7. The van der Waals surface area contributed by atoms with Crippen LogP contribution in [0.25, 0.3) is 0 Å². The zero-order valence-electron chi connectivity index (χ0n) is 18.4. The Balaban J connectivity index is 1.34. The zero-order valence-corrected chi connectivity index (χ0v) is 18.4. The normalized spacial score (nSPS) is 14.1. The number of carbonyl (C=O) groups is 1. The Bertz CT molecular complexity index is 1040. The number of amides is 1. The summed E-state index contributed by atoms with van der Waals surface area (Å²) in [6.07, 6.45) is 4.85. The maximum atomic E-state index is 11.9. The highest BCUT2D eigenvalue weighted by Gasteiger charge is 2.21. The molecule has 0 spiro atoms. The van der Waals surface area contributed by atoms with Crippen molar-refractivity contribution in [3.63, 3.8) is 0 Å². The van der Waals surface area contributed by atoms with Crippen molar-refractivity contribution in [3.8, 4) is 0 Å². The standard InChI is InChI=1S/C24H29N7O/c1-2-26-24(27-14-19-8-10-22(11-9-19)31-12-4-7-23(31)32)28-15-20-5-3-6-21(13-20)16-30-18-25-17-29-30/h3,5-6,8-11,13,17-18H,2,4,7,12,14-16H2,1H3,(H2,26,27,28). The molecule has 0 aliphatic carbocycles. The molecule has 8 nitrogen and oxygen atoms in total. The third-order valence-corrected chi connectivity index (χ3v) is 5.35. The topological polar surface area (TPSA) is 87.4 Å². The summed E-state index contributed by atoms with van der Waals surface area (Å²) in [4.78, 5) is 22.5. The molecule has 1 aliphatic rings. The van der Waals surface area contributed by atoms with E-state index in [0.29, 0.717) is 26.1 Å². The SMILES string of the molecule is CCNC(=NCc1cccc(Cn2cncn2)c1)NCc1ccc(N2CCCC2=O)cc1. The van der Waals surface area contributed by atoms with Crippen LogP contribution in [0.5, 0.6) is 0 Å². The van der Waals surface area contributed by atoms with Crippen molar-refractivity contribution in [3.05, 3.63) is 77.9 Å². The minimum absolute atomic E-state index is 0.211. The quantitative estimate of drug-likeness (QED) is 0.423. The molecular weight excluding hydrogens is 402 g/mol. The number of guanidine groups is 1. The van der Waals surface area contributed by atoms with Gasteiger partial charge in [0.05, 0.1) is 13.1 Å². The summed E-state index contributed by atoms with van der Waals surface area (Å²) in [5.74, 6) is 0.982. The van der Waals surface area contributed by atoms with Crippen molar-refractivity contribution in [2.45, 2.75) is 39.4 Å². The first-order valence-electron chi connectivity index (χ1n) is 11.0. The number of anilines is 1. The molecule has 1 amide bonds. The summed E-state index contributed by atoms with van der Waals surface area (Å²) in [6.45, 7) is 5.58. The molecule has 0 radical (unpaired) electrons. The Morgan fingerprint density at radius 2 is 1.94 bits per heavy atom. The van der Waals surface area contributed by atoms with E-state index in [1.54, 1.807) is 17.3 Å². The van der Waals surface area contributed by atoms with Crippen LogP contribution in [0.3, 0.4) is 0 Å². The number of benzene rings is 2. The van der Waals surface area contributed by atoms with Crippen molar-refractivity contribution in [1.29, 1.82) is 0 Å². The summed E-state index contributed by atoms with van der Waals surface area (Å²) < 4.78 is 1.80. The van der Waals surface area contributed by atoms with Crippen LogP contribution < -0.4 is 15.5 Å². The van der Waals surface area contributed by atoms with Gasteiger partial charge in [-0.05, 0) is 42.2 Å². The molecule has 8 heteroatoms. The first kappa shape index (κ1) is 21.5. The van der Waals surface area contributed by atoms with Gasteiger partial charge in [-0.15, -0.1) is 0 Å². The van der Waals surface area contributed by atoms with Gasteiger partial charge in [-0.2, -0.15) is 5.10 Å². The molecule has 2 N–H and O–H groups in total. The fourth-order valence-corrected chi connectivity index (χ4v) is 3.74. The summed E-state index contributed by atoms with van der Waals surface area (Å²) in [6, 6.07) is 16.5. The Kier molecular flexibility index (Phi) is 7.12. The van der Waals surface area contributed by atoms with Gasteiger partial charge in [0.2, 0.25) is 5.91 Å². The molecule has 4 rings (SSSR count). The smallest absolute Gasteiger partial charge is 0.227 e. The molecule has 0 atom stereocenters. The Labute approximate surface area is 188 Å². The molecule has 1 saturated heterocycles. The lowest BCUT2D eigenvalue weighted by atomic mass is 10.1. The molecule has 2 aromatic carbocycles. The van der Waals surface area contributed by atoms with Gasteiger partial charge in [-0.25, -0.2) is 14.7 Å². The van der Waals surface area contributed by atoms with Crippen molar-refractivity contribution in [2.24, 2.45) is 4.99 Å². The molecule has 32 heavy (non-hydrogen) atoms. The second-order valence-corrected chi connectivity index (χ2v) is 7.78. The van der Waals surface area contributed by atoms with Gasteiger partial charge in [0.1, 0.15) is 12.7 Å². The molecule has 2 heterocycles. The van der Waals surface area contributed by atoms with Crippen molar-refractivity contribution in [2.75, 3.05) is 18.0 Å². The third-order valence-electron chi connectivity index (χ3n) is 5.35. The first-order valence-corrected chi connectivity index (χ1v) is 11.0. The van der Waals surface area contributed by atoms with Gasteiger partial charge in [0.15, 0.2) is 5.96 Å². The predicted molar refractivity (Wildman–Crippen MR) is 125 cm³/mol. The third kappa shape index (κ3) is 5.72. The van der Waals surface area contributed by atoms with Gasteiger partial charge < -0.3 is 15.5 Å². The number of nitrogens with one attached hydrogen (secondary N) is 2. The van der Waals surface area contributed by atoms with Crippen LogP contribution in [0, 0.1) is 0 Å². The van der Waals surface area contributed by atoms with Crippen LogP contribution in [-0.2, 0) is 24.4 Å². The van der Waals surface area contributed by atoms with Crippen LogP contribution in [0.1, 0.15) is 36.5 Å². The van der Waals surface area contributed by atoms with Crippen molar-refractivity contribution < 1.29 is 4.79 Å². The van der Waals surface area contributed by atoms with E-state index in [0.717, 1.165) is 47.8 Å². The minimum atomic E-state index is 0.211. The maximum Gasteiger partial charge on any atom is 0.227 e.